The van der Waals surface area contributed by atoms with Crippen molar-refractivity contribution < 1.29 is 9.47 Å². The van der Waals surface area contributed by atoms with Gasteiger partial charge < -0.3 is 9.47 Å². The van der Waals surface area contributed by atoms with Crippen molar-refractivity contribution in [1.29, 1.82) is 0 Å². The average Bonchev–Trinajstić information content (AvgIpc) is 3.01. The first kappa shape index (κ1) is 9.28. The van der Waals surface area contributed by atoms with Gasteiger partial charge in [-0.1, -0.05) is 18.2 Å². The van der Waals surface area contributed by atoms with Gasteiger partial charge in [-0.3, -0.25) is 0 Å². The topological polar surface area (TPSA) is 21.8 Å². The van der Waals surface area contributed by atoms with Crippen LogP contribution in [0.1, 0.15) is 5.56 Å². The zero-order valence-electron chi connectivity index (χ0n) is 8.11. The van der Waals surface area contributed by atoms with Crippen molar-refractivity contribution in [2.45, 2.75) is 12.5 Å². The van der Waals surface area contributed by atoms with Crippen molar-refractivity contribution in [2.75, 3.05) is 13.2 Å². The number of epoxide rings is 1. The lowest BCUT2D eigenvalue weighted by Crippen LogP contribution is -2.03. The molecule has 14 heavy (non-hydrogen) atoms. The lowest BCUT2D eigenvalue weighted by atomic mass is 10.1. The van der Waals surface area contributed by atoms with Gasteiger partial charge in [-0.2, -0.15) is 0 Å². The van der Waals surface area contributed by atoms with Crippen molar-refractivity contribution in [3.8, 4) is 5.75 Å². The molecule has 2 nitrogen and oxygen atoms in total. The molecule has 2 heteroatoms. The summed E-state index contributed by atoms with van der Waals surface area (Å²) in [5.41, 5.74) is 1.26. The van der Waals surface area contributed by atoms with E-state index in [-0.39, 0.29) is 0 Å². The summed E-state index contributed by atoms with van der Waals surface area (Å²) in [5.74, 6) is 0.910. The Morgan fingerprint density at radius 2 is 2.14 bits per heavy atom. The summed E-state index contributed by atoms with van der Waals surface area (Å²) < 4.78 is 10.6. The molecule has 1 saturated heterocycles. The summed E-state index contributed by atoms with van der Waals surface area (Å²) in [7, 11) is 0. The fourth-order valence-corrected chi connectivity index (χ4v) is 1.24. The standard InChI is InChI=1S/C12H14O2/c1-2-3-10-4-6-11(7-5-10)13-8-12-9-14-12/h2,4-7,12H,1,3,8-9H2. The van der Waals surface area contributed by atoms with Crippen LogP contribution in [0.4, 0.5) is 0 Å². The van der Waals surface area contributed by atoms with Crippen LogP contribution in [0.3, 0.4) is 0 Å². The van der Waals surface area contributed by atoms with Crippen LogP contribution in [-0.2, 0) is 11.2 Å². The van der Waals surface area contributed by atoms with Gasteiger partial charge in [-0.05, 0) is 24.1 Å². The zero-order valence-corrected chi connectivity index (χ0v) is 8.11. The van der Waals surface area contributed by atoms with Crippen LogP contribution in [-0.4, -0.2) is 19.3 Å². The molecular weight excluding hydrogens is 176 g/mol. The third kappa shape index (κ3) is 2.60. The molecule has 0 amide bonds. The number of ether oxygens (including phenoxy) is 2. The van der Waals surface area contributed by atoms with Crippen molar-refractivity contribution in [1.82, 2.24) is 0 Å². The van der Waals surface area contributed by atoms with Gasteiger partial charge in [-0.25, -0.2) is 0 Å². The van der Waals surface area contributed by atoms with E-state index < -0.39 is 0 Å². The van der Waals surface area contributed by atoms with E-state index in [2.05, 4.69) is 18.7 Å². The van der Waals surface area contributed by atoms with Crippen molar-refractivity contribution >= 4 is 0 Å². The maximum atomic E-state index is 5.51. The first-order chi connectivity index (χ1) is 6.88. The van der Waals surface area contributed by atoms with Crippen LogP contribution >= 0.6 is 0 Å². The molecule has 0 bridgehead atoms. The molecule has 1 fully saturated rings. The van der Waals surface area contributed by atoms with E-state index in [0.717, 1.165) is 18.8 Å². The molecule has 0 aromatic heterocycles. The van der Waals surface area contributed by atoms with E-state index in [0.29, 0.717) is 12.7 Å². The van der Waals surface area contributed by atoms with Crippen LogP contribution in [0.5, 0.6) is 5.75 Å². The lowest BCUT2D eigenvalue weighted by molar-refractivity contribution is 0.263. The molecular formula is C12H14O2. The Balaban J connectivity index is 1.87. The molecule has 1 aliphatic rings. The van der Waals surface area contributed by atoms with Gasteiger partial charge >= 0.3 is 0 Å². The van der Waals surface area contributed by atoms with Gasteiger partial charge in [0, 0.05) is 0 Å². The van der Waals surface area contributed by atoms with Crippen molar-refractivity contribution in [2.24, 2.45) is 0 Å². The van der Waals surface area contributed by atoms with Crippen molar-refractivity contribution in [3.63, 3.8) is 0 Å². The molecule has 1 aromatic carbocycles. The third-order valence-electron chi connectivity index (χ3n) is 2.14. The van der Waals surface area contributed by atoms with Gasteiger partial charge in [-0.15, -0.1) is 6.58 Å². The normalized spacial score (nSPS) is 19.0. The number of hydrogen-bond acceptors (Lipinski definition) is 2. The van der Waals surface area contributed by atoms with E-state index >= 15 is 0 Å². The molecule has 74 valence electrons. The zero-order chi connectivity index (χ0) is 9.80. The minimum atomic E-state index is 0.322. The van der Waals surface area contributed by atoms with E-state index in [4.69, 9.17) is 9.47 Å². The van der Waals surface area contributed by atoms with Crippen LogP contribution in [0, 0.1) is 0 Å². The van der Waals surface area contributed by atoms with E-state index in [1.807, 2.05) is 18.2 Å². The SMILES string of the molecule is C=CCc1ccc(OCC2CO2)cc1. The second kappa shape index (κ2) is 4.29. The highest BCUT2D eigenvalue weighted by Crippen LogP contribution is 2.15. The monoisotopic (exact) mass is 190 g/mol. The highest BCUT2D eigenvalue weighted by atomic mass is 16.6. The maximum absolute atomic E-state index is 5.51. The Hall–Kier alpha value is -1.28. The summed E-state index contributed by atoms with van der Waals surface area (Å²) in [6.45, 7) is 5.21. The number of rotatable bonds is 5. The molecule has 0 aliphatic carbocycles. The predicted octanol–water partition coefficient (Wildman–Crippen LogP) is 2.19. The number of hydrogen-bond donors (Lipinski definition) is 0. The van der Waals surface area contributed by atoms with Gasteiger partial charge in [0.05, 0.1) is 6.61 Å². The van der Waals surface area contributed by atoms with Crippen LogP contribution in [0.25, 0.3) is 0 Å². The molecule has 1 heterocycles. The first-order valence-corrected chi connectivity index (χ1v) is 4.83. The Labute approximate surface area is 84.2 Å². The number of benzene rings is 1. The maximum Gasteiger partial charge on any atom is 0.119 e. The van der Waals surface area contributed by atoms with Crippen molar-refractivity contribution in [3.05, 3.63) is 42.5 Å². The Bertz CT molecular complexity index is 299. The summed E-state index contributed by atoms with van der Waals surface area (Å²) in [5, 5.41) is 0. The Morgan fingerprint density at radius 1 is 1.43 bits per heavy atom. The predicted molar refractivity (Wildman–Crippen MR) is 55.6 cm³/mol. The van der Waals surface area contributed by atoms with Gasteiger partial charge in [0.15, 0.2) is 0 Å². The summed E-state index contributed by atoms with van der Waals surface area (Å²) >= 11 is 0. The highest BCUT2D eigenvalue weighted by Gasteiger charge is 2.22. The van der Waals surface area contributed by atoms with Gasteiger partial charge in [0.25, 0.3) is 0 Å². The number of allylic oxidation sites excluding steroid dienone is 1. The minimum absolute atomic E-state index is 0.322. The van der Waals surface area contributed by atoms with E-state index in [1.54, 1.807) is 0 Å². The fraction of sp³-hybridized carbons (Fsp3) is 0.333. The summed E-state index contributed by atoms with van der Waals surface area (Å²) in [6, 6.07) is 8.10. The summed E-state index contributed by atoms with van der Waals surface area (Å²) in [4.78, 5) is 0. The molecule has 0 saturated carbocycles. The van der Waals surface area contributed by atoms with E-state index in [9.17, 15) is 0 Å². The highest BCUT2D eigenvalue weighted by molar-refractivity contribution is 5.28. The smallest absolute Gasteiger partial charge is 0.119 e. The quantitative estimate of drug-likeness (QED) is 0.524. The van der Waals surface area contributed by atoms with Gasteiger partial charge in [0.2, 0.25) is 0 Å². The van der Waals surface area contributed by atoms with Crippen LogP contribution < -0.4 is 4.74 Å². The Morgan fingerprint density at radius 3 is 2.71 bits per heavy atom. The first-order valence-electron chi connectivity index (χ1n) is 4.83. The second-order valence-electron chi connectivity index (χ2n) is 3.40. The molecule has 1 atom stereocenters. The fourth-order valence-electron chi connectivity index (χ4n) is 1.24. The molecule has 1 aliphatic heterocycles. The Kier molecular flexibility index (Phi) is 2.84. The molecule has 2 rings (SSSR count). The molecule has 0 N–H and O–H groups in total. The molecule has 0 radical (unpaired) electrons. The second-order valence-corrected chi connectivity index (χ2v) is 3.40. The largest absolute Gasteiger partial charge is 0.491 e. The molecule has 1 aromatic rings. The van der Waals surface area contributed by atoms with Crippen LogP contribution in [0.2, 0.25) is 0 Å². The van der Waals surface area contributed by atoms with E-state index in [1.165, 1.54) is 5.56 Å². The van der Waals surface area contributed by atoms with Crippen LogP contribution in [0.15, 0.2) is 36.9 Å². The molecule has 1 unspecified atom stereocenters. The van der Waals surface area contributed by atoms with Gasteiger partial charge in [0.1, 0.15) is 18.5 Å². The average molecular weight is 190 g/mol. The summed E-state index contributed by atoms with van der Waals surface area (Å²) in [6.07, 6.45) is 3.13. The molecule has 0 spiro atoms. The third-order valence-corrected chi connectivity index (χ3v) is 2.14. The minimum Gasteiger partial charge on any atom is -0.491 e. The lowest BCUT2D eigenvalue weighted by Gasteiger charge is -2.04.